The molecule has 1 aromatic heterocycles. The molecule has 3 rings (SSSR count). The Kier molecular flexibility index (Phi) is 5.58. The van der Waals surface area contributed by atoms with Crippen molar-refractivity contribution in [3.63, 3.8) is 0 Å². The predicted molar refractivity (Wildman–Crippen MR) is 103 cm³/mol. The molecule has 0 aliphatic carbocycles. The second-order valence-corrected chi connectivity index (χ2v) is 5.91. The summed E-state index contributed by atoms with van der Waals surface area (Å²) >= 11 is 12.1. The van der Waals surface area contributed by atoms with Crippen molar-refractivity contribution in [2.24, 2.45) is 0 Å². The Labute approximate surface area is 156 Å². The van der Waals surface area contributed by atoms with Crippen LogP contribution in [-0.4, -0.2) is 16.6 Å². The van der Waals surface area contributed by atoms with Crippen LogP contribution in [0.4, 0.5) is 23.1 Å². The number of nitrogens with zero attached hydrogens (tertiary/aromatic N) is 2. The number of nitrogens with one attached hydrogen (secondary N) is 2. The fourth-order valence-corrected chi connectivity index (χ4v) is 2.64. The lowest BCUT2D eigenvalue weighted by Gasteiger charge is -2.12. The first-order valence-corrected chi connectivity index (χ1v) is 8.45. The molecular weight excluding hydrogens is 359 g/mol. The molecule has 0 aliphatic rings. The van der Waals surface area contributed by atoms with Crippen molar-refractivity contribution in [3.8, 4) is 5.75 Å². The van der Waals surface area contributed by atoms with Crippen LogP contribution in [0.1, 0.15) is 6.92 Å². The Bertz CT molecular complexity index is 873. The minimum Gasteiger partial charge on any atom is -0.492 e. The zero-order valence-electron chi connectivity index (χ0n) is 13.5. The highest BCUT2D eigenvalue weighted by Crippen LogP contribution is 2.29. The van der Waals surface area contributed by atoms with Crippen LogP contribution in [0.25, 0.3) is 0 Å². The summed E-state index contributed by atoms with van der Waals surface area (Å²) in [6, 6.07) is 14.6. The lowest BCUT2D eigenvalue weighted by Crippen LogP contribution is -2.02. The molecule has 0 atom stereocenters. The van der Waals surface area contributed by atoms with E-state index < -0.39 is 0 Å². The van der Waals surface area contributed by atoms with Gasteiger partial charge in [0.05, 0.1) is 23.0 Å². The minimum atomic E-state index is 0.447. The summed E-state index contributed by atoms with van der Waals surface area (Å²) in [7, 11) is 0. The normalized spacial score (nSPS) is 10.4. The van der Waals surface area contributed by atoms with Gasteiger partial charge in [0.1, 0.15) is 11.6 Å². The van der Waals surface area contributed by atoms with Crippen LogP contribution in [0, 0.1) is 0 Å². The average Bonchev–Trinajstić information content (AvgIpc) is 2.60. The van der Waals surface area contributed by atoms with Gasteiger partial charge in [-0.3, -0.25) is 0 Å². The summed E-state index contributed by atoms with van der Waals surface area (Å²) in [6.07, 6.45) is 1.66. The van der Waals surface area contributed by atoms with E-state index in [-0.39, 0.29) is 0 Å². The highest BCUT2D eigenvalue weighted by atomic mass is 35.5. The van der Waals surface area contributed by atoms with Gasteiger partial charge in [0.2, 0.25) is 5.95 Å². The number of rotatable bonds is 6. The molecule has 1 heterocycles. The summed E-state index contributed by atoms with van der Waals surface area (Å²) in [6.45, 7) is 2.52. The van der Waals surface area contributed by atoms with E-state index in [9.17, 15) is 0 Å². The molecule has 0 unspecified atom stereocenters. The number of aromatic nitrogens is 2. The summed E-state index contributed by atoms with van der Waals surface area (Å²) < 4.78 is 5.60. The average molecular weight is 375 g/mol. The zero-order chi connectivity index (χ0) is 17.6. The Hall–Kier alpha value is -2.50. The second-order valence-electron chi connectivity index (χ2n) is 5.07. The molecule has 2 N–H and O–H groups in total. The van der Waals surface area contributed by atoms with E-state index in [1.54, 1.807) is 30.5 Å². The van der Waals surface area contributed by atoms with E-state index in [1.165, 1.54) is 0 Å². The summed E-state index contributed by atoms with van der Waals surface area (Å²) in [5.41, 5.74) is 1.51. The smallest absolute Gasteiger partial charge is 0.229 e. The molecule has 25 heavy (non-hydrogen) atoms. The maximum Gasteiger partial charge on any atom is 0.229 e. The van der Waals surface area contributed by atoms with Crippen LogP contribution in [0.2, 0.25) is 10.0 Å². The lowest BCUT2D eigenvalue weighted by molar-refractivity contribution is 0.342. The van der Waals surface area contributed by atoms with E-state index >= 15 is 0 Å². The van der Waals surface area contributed by atoms with Gasteiger partial charge in [-0.15, -0.1) is 0 Å². The largest absolute Gasteiger partial charge is 0.492 e. The molecule has 7 heteroatoms. The van der Waals surface area contributed by atoms with Gasteiger partial charge < -0.3 is 15.4 Å². The molecule has 0 amide bonds. The number of hydrogen-bond donors (Lipinski definition) is 2. The third-order valence-corrected chi connectivity index (χ3v) is 3.83. The SMILES string of the molecule is CCOc1ccccc1Nc1nccc(Nc2ccc(Cl)cc2Cl)n1. The van der Waals surface area contributed by atoms with Crippen molar-refractivity contribution in [2.75, 3.05) is 17.2 Å². The van der Waals surface area contributed by atoms with E-state index in [2.05, 4.69) is 20.6 Å². The van der Waals surface area contributed by atoms with E-state index in [4.69, 9.17) is 27.9 Å². The van der Waals surface area contributed by atoms with Gasteiger partial charge in [0.15, 0.2) is 0 Å². The van der Waals surface area contributed by atoms with Crippen LogP contribution in [0.15, 0.2) is 54.7 Å². The maximum atomic E-state index is 6.18. The van der Waals surface area contributed by atoms with Crippen molar-refractivity contribution in [1.82, 2.24) is 9.97 Å². The van der Waals surface area contributed by atoms with Gasteiger partial charge in [-0.1, -0.05) is 35.3 Å². The summed E-state index contributed by atoms with van der Waals surface area (Å²) in [5.74, 6) is 1.80. The van der Waals surface area contributed by atoms with Gasteiger partial charge in [-0.25, -0.2) is 4.98 Å². The first-order valence-electron chi connectivity index (χ1n) is 7.69. The molecule has 0 saturated heterocycles. The van der Waals surface area contributed by atoms with Gasteiger partial charge in [-0.05, 0) is 43.3 Å². The molecule has 0 fully saturated rings. The maximum absolute atomic E-state index is 6.18. The first kappa shape index (κ1) is 17.3. The third-order valence-electron chi connectivity index (χ3n) is 3.28. The number of anilines is 4. The Balaban J connectivity index is 1.80. The summed E-state index contributed by atoms with van der Waals surface area (Å²) in [5, 5.41) is 7.41. The fraction of sp³-hybridized carbons (Fsp3) is 0.111. The van der Waals surface area contributed by atoms with Gasteiger partial charge in [0, 0.05) is 11.2 Å². The molecule has 0 saturated carbocycles. The van der Waals surface area contributed by atoms with Gasteiger partial charge in [-0.2, -0.15) is 4.98 Å². The van der Waals surface area contributed by atoms with Crippen molar-refractivity contribution < 1.29 is 4.74 Å². The molecular formula is C18H16Cl2N4O. The number of benzene rings is 2. The van der Waals surface area contributed by atoms with Crippen LogP contribution < -0.4 is 15.4 Å². The highest BCUT2D eigenvalue weighted by molar-refractivity contribution is 6.36. The molecule has 2 aromatic carbocycles. The Morgan fingerprint density at radius 1 is 1.00 bits per heavy atom. The van der Waals surface area contributed by atoms with E-state index in [0.29, 0.717) is 34.1 Å². The molecule has 5 nitrogen and oxygen atoms in total. The monoisotopic (exact) mass is 374 g/mol. The number of hydrogen-bond acceptors (Lipinski definition) is 5. The number of ether oxygens (including phenoxy) is 1. The topological polar surface area (TPSA) is 59.1 Å². The number of para-hydroxylation sites is 2. The van der Waals surface area contributed by atoms with E-state index in [1.807, 2.05) is 31.2 Å². The quantitative estimate of drug-likeness (QED) is 0.581. The molecule has 0 spiro atoms. The Morgan fingerprint density at radius 2 is 1.84 bits per heavy atom. The fourth-order valence-electron chi connectivity index (χ4n) is 2.19. The lowest BCUT2D eigenvalue weighted by atomic mass is 10.3. The van der Waals surface area contributed by atoms with Crippen molar-refractivity contribution in [1.29, 1.82) is 0 Å². The van der Waals surface area contributed by atoms with Crippen LogP contribution >= 0.6 is 23.2 Å². The summed E-state index contributed by atoms with van der Waals surface area (Å²) in [4.78, 5) is 8.69. The van der Waals surface area contributed by atoms with Crippen molar-refractivity contribution >= 4 is 46.3 Å². The molecule has 128 valence electrons. The van der Waals surface area contributed by atoms with Crippen LogP contribution in [0.5, 0.6) is 5.75 Å². The highest BCUT2D eigenvalue weighted by Gasteiger charge is 2.07. The standard InChI is InChI=1S/C18H16Cl2N4O/c1-2-25-16-6-4-3-5-15(16)23-18-21-10-9-17(24-18)22-14-8-7-12(19)11-13(14)20/h3-11H,2H2,1H3,(H2,21,22,23,24). The molecule has 0 radical (unpaired) electrons. The van der Waals surface area contributed by atoms with Crippen LogP contribution in [0.3, 0.4) is 0 Å². The minimum absolute atomic E-state index is 0.447. The van der Waals surface area contributed by atoms with E-state index in [0.717, 1.165) is 11.4 Å². The first-order chi connectivity index (χ1) is 12.2. The zero-order valence-corrected chi connectivity index (χ0v) is 15.0. The van der Waals surface area contributed by atoms with Gasteiger partial charge in [0.25, 0.3) is 0 Å². The molecule has 0 aliphatic heterocycles. The van der Waals surface area contributed by atoms with Crippen LogP contribution in [-0.2, 0) is 0 Å². The van der Waals surface area contributed by atoms with Crippen molar-refractivity contribution in [3.05, 3.63) is 64.8 Å². The van der Waals surface area contributed by atoms with Crippen molar-refractivity contribution in [2.45, 2.75) is 6.92 Å². The molecule has 0 bridgehead atoms. The van der Waals surface area contributed by atoms with Gasteiger partial charge >= 0.3 is 0 Å². The second kappa shape index (κ2) is 8.05. The number of halogens is 2. The third kappa shape index (κ3) is 4.53. The molecule has 3 aromatic rings. The Morgan fingerprint density at radius 3 is 2.64 bits per heavy atom. The predicted octanol–water partition coefficient (Wildman–Crippen LogP) is 5.67.